The van der Waals surface area contributed by atoms with Crippen LogP contribution < -0.4 is 14.5 Å². The lowest BCUT2D eigenvalue weighted by molar-refractivity contribution is -0.119. The molecule has 3 aromatic rings. The highest BCUT2D eigenvalue weighted by Gasteiger charge is 2.24. The van der Waals surface area contributed by atoms with Crippen molar-refractivity contribution in [2.24, 2.45) is 0 Å². The van der Waals surface area contributed by atoms with Crippen LogP contribution in [0.2, 0.25) is 0 Å². The second kappa shape index (κ2) is 8.80. The van der Waals surface area contributed by atoms with Crippen molar-refractivity contribution in [3.05, 3.63) is 48.5 Å². The fraction of sp³-hybridized carbons (Fsp3) is 0.364. The number of carbonyl (C=O) groups is 1. The quantitative estimate of drug-likeness (QED) is 0.623. The summed E-state index contributed by atoms with van der Waals surface area (Å²) in [6, 6.07) is 16.2. The van der Waals surface area contributed by atoms with Gasteiger partial charge in [-0.3, -0.25) is 14.6 Å². The van der Waals surface area contributed by atoms with Crippen LogP contribution in [0, 0.1) is 0 Å². The van der Waals surface area contributed by atoms with E-state index in [0.29, 0.717) is 13.1 Å². The lowest BCUT2D eigenvalue weighted by Gasteiger charge is -2.36. The third kappa shape index (κ3) is 4.36. The van der Waals surface area contributed by atoms with Crippen LogP contribution in [0.25, 0.3) is 10.2 Å². The number of anilines is 2. The van der Waals surface area contributed by atoms with Gasteiger partial charge in [-0.25, -0.2) is 4.98 Å². The SMILES string of the molecule is CCN(C(=O)CN1CCN(c2cccc(OC)c2)CC1)c1nc2ccccc2s1. The Hall–Kier alpha value is -2.64. The van der Waals surface area contributed by atoms with Gasteiger partial charge in [-0.2, -0.15) is 0 Å². The van der Waals surface area contributed by atoms with Gasteiger partial charge in [-0.1, -0.05) is 29.5 Å². The van der Waals surface area contributed by atoms with E-state index < -0.39 is 0 Å². The molecule has 1 aromatic heterocycles. The summed E-state index contributed by atoms with van der Waals surface area (Å²) in [5.41, 5.74) is 2.12. The molecule has 6 nitrogen and oxygen atoms in total. The van der Waals surface area contributed by atoms with E-state index in [-0.39, 0.29) is 5.91 Å². The number of amides is 1. The van der Waals surface area contributed by atoms with Gasteiger partial charge in [0.15, 0.2) is 5.13 Å². The Bertz CT molecular complexity index is 949. The highest BCUT2D eigenvalue weighted by Crippen LogP contribution is 2.28. The number of piperazine rings is 1. The number of hydrogen-bond acceptors (Lipinski definition) is 6. The van der Waals surface area contributed by atoms with E-state index in [1.54, 1.807) is 23.3 Å². The molecule has 152 valence electrons. The van der Waals surface area contributed by atoms with Crippen LogP contribution in [0.4, 0.5) is 10.8 Å². The lowest BCUT2D eigenvalue weighted by Crippen LogP contribution is -2.50. The average molecular weight is 411 g/mol. The number of nitrogens with zero attached hydrogens (tertiary/aromatic N) is 4. The van der Waals surface area contributed by atoms with Crippen molar-refractivity contribution in [2.75, 3.05) is 56.2 Å². The number of aromatic nitrogens is 1. The Kier molecular flexibility index (Phi) is 5.97. The highest BCUT2D eigenvalue weighted by molar-refractivity contribution is 7.22. The number of fused-ring (bicyclic) bond motifs is 1. The Morgan fingerprint density at radius 3 is 2.66 bits per heavy atom. The highest BCUT2D eigenvalue weighted by atomic mass is 32.1. The molecule has 0 N–H and O–H groups in total. The van der Waals surface area contributed by atoms with Crippen molar-refractivity contribution < 1.29 is 9.53 Å². The molecule has 0 radical (unpaired) electrons. The zero-order valence-corrected chi connectivity index (χ0v) is 17.7. The summed E-state index contributed by atoms with van der Waals surface area (Å²) in [7, 11) is 1.69. The van der Waals surface area contributed by atoms with Crippen molar-refractivity contribution >= 4 is 38.3 Å². The molecule has 0 spiro atoms. The van der Waals surface area contributed by atoms with E-state index in [2.05, 4.69) is 26.9 Å². The summed E-state index contributed by atoms with van der Waals surface area (Å²) in [6.45, 7) is 6.57. The van der Waals surface area contributed by atoms with Crippen molar-refractivity contribution in [3.8, 4) is 5.75 Å². The predicted molar refractivity (Wildman–Crippen MR) is 119 cm³/mol. The molecule has 0 bridgehead atoms. The van der Waals surface area contributed by atoms with E-state index in [0.717, 1.165) is 47.3 Å². The minimum Gasteiger partial charge on any atom is -0.497 e. The van der Waals surface area contributed by atoms with Gasteiger partial charge < -0.3 is 9.64 Å². The second-order valence-electron chi connectivity index (χ2n) is 7.07. The molecule has 4 rings (SSSR count). The number of ether oxygens (including phenoxy) is 1. The average Bonchev–Trinajstić information content (AvgIpc) is 3.18. The number of para-hydroxylation sites is 1. The molecule has 0 aliphatic carbocycles. The number of methoxy groups -OCH3 is 1. The first-order chi connectivity index (χ1) is 14.2. The first-order valence-corrected chi connectivity index (χ1v) is 10.8. The standard InChI is InChI=1S/C22H26N4O2S/c1-3-26(22-23-19-9-4-5-10-20(19)29-22)21(27)16-24-11-13-25(14-12-24)17-7-6-8-18(15-17)28-2/h4-10,15H,3,11-14,16H2,1-2H3. The van der Waals surface area contributed by atoms with Crippen LogP contribution in [-0.4, -0.2) is 62.2 Å². The maximum atomic E-state index is 13.0. The maximum Gasteiger partial charge on any atom is 0.242 e. The minimum atomic E-state index is 0.112. The molecule has 0 atom stereocenters. The molecule has 0 unspecified atom stereocenters. The number of carbonyl (C=O) groups excluding carboxylic acids is 1. The molecular formula is C22H26N4O2S. The number of benzene rings is 2. The van der Waals surface area contributed by atoms with E-state index in [9.17, 15) is 4.79 Å². The van der Waals surface area contributed by atoms with E-state index in [4.69, 9.17) is 4.74 Å². The Morgan fingerprint density at radius 2 is 1.93 bits per heavy atom. The van der Waals surface area contributed by atoms with E-state index >= 15 is 0 Å². The number of hydrogen-bond donors (Lipinski definition) is 0. The summed E-state index contributed by atoms with van der Waals surface area (Å²) in [5, 5.41) is 0.786. The fourth-order valence-corrected chi connectivity index (χ4v) is 4.69. The molecule has 1 aliphatic rings. The monoisotopic (exact) mass is 410 g/mol. The summed E-state index contributed by atoms with van der Waals surface area (Å²) < 4.78 is 6.44. The van der Waals surface area contributed by atoms with Crippen LogP contribution in [0.15, 0.2) is 48.5 Å². The van der Waals surface area contributed by atoms with Crippen LogP contribution >= 0.6 is 11.3 Å². The molecular weight excluding hydrogens is 384 g/mol. The minimum absolute atomic E-state index is 0.112. The van der Waals surface area contributed by atoms with Gasteiger partial charge in [0.2, 0.25) is 5.91 Å². The van der Waals surface area contributed by atoms with Crippen molar-refractivity contribution in [1.82, 2.24) is 9.88 Å². The van der Waals surface area contributed by atoms with Crippen molar-refractivity contribution in [2.45, 2.75) is 6.92 Å². The van der Waals surface area contributed by atoms with Gasteiger partial charge in [0, 0.05) is 44.5 Å². The van der Waals surface area contributed by atoms with Gasteiger partial charge in [-0.15, -0.1) is 0 Å². The first-order valence-electron chi connectivity index (χ1n) is 9.95. The van der Waals surface area contributed by atoms with Crippen molar-refractivity contribution in [3.63, 3.8) is 0 Å². The van der Waals surface area contributed by atoms with Gasteiger partial charge in [0.25, 0.3) is 0 Å². The smallest absolute Gasteiger partial charge is 0.242 e. The molecule has 7 heteroatoms. The van der Waals surface area contributed by atoms with Gasteiger partial charge in [-0.05, 0) is 31.2 Å². The lowest BCUT2D eigenvalue weighted by atomic mass is 10.2. The van der Waals surface area contributed by atoms with Gasteiger partial charge in [0.1, 0.15) is 5.75 Å². The Balaban J connectivity index is 1.37. The molecule has 1 fully saturated rings. The third-order valence-corrected chi connectivity index (χ3v) is 6.34. The summed E-state index contributed by atoms with van der Waals surface area (Å²) in [4.78, 5) is 24.0. The Morgan fingerprint density at radius 1 is 1.14 bits per heavy atom. The molecule has 1 amide bonds. The molecule has 29 heavy (non-hydrogen) atoms. The van der Waals surface area contributed by atoms with Gasteiger partial charge >= 0.3 is 0 Å². The third-order valence-electron chi connectivity index (χ3n) is 5.28. The summed E-state index contributed by atoms with van der Waals surface area (Å²) in [6.07, 6.45) is 0. The normalized spacial score (nSPS) is 14.9. The largest absolute Gasteiger partial charge is 0.497 e. The Labute approximate surface area is 175 Å². The summed E-state index contributed by atoms with van der Waals surface area (Å²) >= 11 is 1.58. The molecule has 1 saturated heterocycles. The number of likely N-dealkylation sites (N-methyl/N-ethyl adjacent to an activating group) is 1. The summed E-state index contributed by atoms with van der Waals surface area (Å²) in [5.74, 6) is 0.982. The van der Waals surface area contributed by atoms with Crippen LogP contribution in [-0.2, 0) is 4.79 Å². The fourth-order valence-electron chi connectivity index (χ4n) is 3.64. The number of thiazole rings is 1. The zero-order chi connectivity index (χ0) is 20.2. The maximum absolute atomic E-state index is 13.0. The first kappa shape index (κ1) is 19.7. The topological polar surface area (TPSA) is 48.9 Å². The second-order valence-corrected chi connectivity index (χ2v) is 8.08. The molecule has 2 heterocycles. The van der Waals surface area contributed by atoms with E-state index in [1.165, 1.54) is 5.69 Å². The van der Waals surface area contributed by atoms with Crippen LogP contribution in [0.5, 0.6) is 5.75 Å². The van der Waals surface area contributed by atoms with Crippen molar-refractivity contribution in [1.29, 1.82) is 0 Å². The van der Waals surface area contributed by atoms with Crippen LogP contribution in [0.3, 0.4) is 0 Å². The number of rotatable bonds is 6. The molecule has 2 aromatic carbocycles. The predicted octanol–water partition coefficient (Wildman–Crippen LogP) is 3.48. The van der Waals surface area contributed by atoms with Gasteiger partial charge in [0.05, 0.1) is 23.9 Å². The van der Waals surface area contributed by atoms with Crippen LogP contribution in [0.1, 0.15) is 6.92 Å². The molecule has 0 saturated carbocycles. The zero-order valence-electron chi connectivity index (χ0n) is 16.9. The van der Waals surface area contributed by atoms with E-state index in [1.807, 2.05) is 43.3 Å². The molecule has 1 aliphatic heterocycles.